The van der Waals surface area contributed by atoms with E-state index in [1.165, 1.54) is 4.90 Å². The van der Waals surface area contributed by atoms with E-state index in [0.29, 0.717) is 6.54 Å². The number of quaternary nitrogens is 1. The minimum atomic E-state index is -0.333. The molecule has 0 bridgehead atoms. The number of nitrogens with one attached hydrogen (secondary N) is 1. The van der Waals surface area contributed by atoms with E-state index in [1.807, 2.05) is 17.0 Å². The number of amides is 1. The first-order valence-corrected chi connectivity index (χ1v) is 6.39. The molecular weight excluding hydrogens is 246 g/mol. The van der Waals surface area contributed by atoms with Crippen LogP contribution in [0.5, 0.6) is 0 Å². The first-order valence-electron chi connectivity index (χ1n) is 6.39. The fourth-order valence-electron chi connectivity index (χ4n) is 2.42. The van der Waals surface area contributed by atoms with E-state index < -0.39 is 0 Å². The van der Waals surface area contributed by atoms with Gasteiger partial charge in [0.15, 0.2) is 0 Å². The Labute approximate surface area is 111 Å². The van der Waals surface area contributed by atoms with Gasteiger partial charge >= 0.3 is 0 Å². The van der Waals surface area contributed by atoms with Crippen LogP contribution >= 0.6 is 0 Å². The van der Waals surface area contributed by atoms with Crippen LogP contribution in [0.1, 0.15) is 12.5 Å². The second kappa shape index (κ2) is 5.79. The van der Waals surface area contributed by atoms with Gasteiger partial charge in [0.2, 0.25) is 5.91 Å². The number of benzene rings is 1. The molecule has 0 aliphatic carbocycles. The average molecular weight is 264 g/mol. The average Bonchev–Trinajstić information content (AvgIpc) is 2.39. The number of nitrogens with zero attached hydrogens (tertiary/aromatic N) is 2. The van der Waals surface area contributed by atoms with Crippen molar-refractivity contribution >= 4 is 11.6 Å². The highest BCUT2D eigenvalue weighted by molar-refractivity contribution is 5.73. The third kappa shape index (κ3) is 3.29. The Morgan fingerprint density at radius 3 is 2.58 bits per heavy atom. The maximum atomic E-state index is 11.2. The summed E-state index contributed by atoms with van der Waals surface area (Å²) in [5.41, 5.74) is 0.947. The van der Waals surface area contributed by atoms with Gasteiger partial charge in [-0.05, 0) is 6.07 Å². The number of hydrogen-bond donors (Lipinski definition) is 1. The predicted octanol–water partition coefficient (Wildman–Crippen LogP) is -0.158. The highest BCUT2D eigenvalue weighted by Crippen LogP contribution is 2.16. The molecule has 0 atom stereocenters. The normalized spacial score (nSPS) is 16.4. The Hall–Kier alpha value is -1.95. The van der Waals surface area contributed by atoms with Crippen molar-refractivity contribution in [3.8, 4) is 0 Å². The molecule has 1 aromatic rings. The third-order valence-electron chi connectivity index (χ3n) is 3.54. The monoisotopic (exact) mass is 264 g/mol. The fraction of sp³-hybridized carbons (Fsp3) is 0.462. The van der Waals surface area contributed by atoms with Crippen LogP contribution in [0, 0.1) is 10.1 Å². The van der Waals surface area contributed by atoms with Crippen molar-refractivity contribution in [2.24, 2.45) is 0 Å². The second-order valence-corrected chi connectivity index (χ2v) is 4.82. The van der Waals surface area contributed by atoms with Crippen molar-refractivity contribution in [3.05, 3.63) is 39.9 Å². The fourth-order valence-corrected chi connectivity index (χ4v) is 2.42. The van der Waals surface area contributed by atoms with Gasteiger partial charge in [-0.1, -0.05) is 12.1 Å². The summed E-state index contributed by atoms with van der Waals surface area (Å²) >= 11 is 0. The molecule has 6 heteroatoms. The van der Waals surface area contributed by atoms with E-state index in [9.17, 15) is 14.9 Å². The maximum absolute atomic E-state index is 11.2. The maximum Gasteiger partial charge on any atom is 0.278 e. The van der Waals surface area contributed by atoms with E-state index in [1.54, 1.807) is 19.1 Å². The first-order chi connectivity index (χ1) is 9.08. The zero-order valence-corrected chi connectivity index (χ0v) is 11.0. The largest absolute Gasteiger partial charge is 0.332 e. The Morgan fingerprint density at radius 1 is 1.37 bits per heavy atom. The zero-order valence-electron chi connectivity index (χ0n) is 11.0. The summed E-state index contributed by atoms with van der Waals surface area (Å²) in [7, 11) is 0. The van der Waals surface area contributed by atoms with Gasteiger partial charge in [-0.15, -0.1) is 0 Å². The van der Waals surface area contributed by atoms with Gasteiger partial charge in [0.25, 0.3) is 5.69 Å². The van der Waals surface area contributed by atoms with Gasteiger partial charge < -0.3 is 9.80 Å². The highest BCUT2D eigenvalue weighted by Gasteiger charge is 2.24. The molecule has 1 amide bonds. The van der Waals surface area contributed by atoms with Crippen molar-refractivity contribution in [2.45, 2.75) is 13.5 Å². The van der Waals surface area contributed by atoms with E-state index in [4.69, 9.17) is 0 Å². The van der Waals surface area contributed by atoms with Gasteiger partial charge in [0, 0.05) is 13.0 Å². The van der Waals surface area contributed by atoms with Gasteiger partial charge in [0.05, 0.1) is 36.7 Å². The second-order valence-electron chi connectivity index (χ2n) is 4.82. The van der Waals surface area contributed by atoms with E-state index in [0.717, 1.165) is 31.7 Å². The van der Waals surface area contributed by atoms with Crippen LogP contribution in [0.25, 0.3) is 0 Å². The van der Waals surface area contributed by atoms with Crippen LogP contribution in [0.2, 0.25) is 0 Å². The minimum Gasteiger partial charge on any atom is -0.332 e. The number of piperazine rings is 1. The molecule has 6 nitrogen and oxygen atoms in total. The van der Waals surface area contributed by atoms with Crippen molar-refractivity contribution in [2.75, 3.05) is 26.2 Å². The lowest BCUT2D eigenvalue weighted by molar-refractivity contribution is -0.917. The molecule has 0 saturated carbocycles. The summed E-state index contributed by atoms with van der Waals surface area (Å²) in [6.45, 7) is 5.35. The highest BCUT2D eigenvalue weighted by atomic mass is 16.6. The standard InChI is InChI=1S/C13H17N3O3/c1-11(17)15-8-6-14(7-9-15)10-12-4-2-3-5-13(12)16(18)19/h2-5H,6-10H2,1H3/p+1. The van der Waals surface area contributed by atoms with Gasteiger partial charge in [-0.2, -0.15) is 0 Å². The van der Waals surface area contributed by atoms with Crippen LogP contribution in [-0.4, -0.2) is 41.9 Å². The molecule has 0 radical (unpaired) electrons. The lowest BCUT2D eigenvalue weighted by Gasteiger charge is -2.31. The number of nitro groups is 1. The van der Waals surface area contributed by atoms with Crippen LogP contribution in [0.3, 0.4) is 0 Å². The Balaban J connectivity index is 2.00. The van der Waals surface area contributed by atoms with Crippen LogP contribution in [0.15, 0.2) is 24.3 Å². The summed E-state index contributed by atoms with van der Waals surface area (Å²) in [5.74, 6) is 0.102. The van der Waals surface area contributed by atoms with Crippen molar-refractivity contribution in [1.29, 1.82) is 0 Å². The molecule has 2 rings (SSSR count). The first kappa shape index (κ1) is 13.5. The lowest BCUT2D eigenvalue weighted by Crippen LogP contribution is -3.13. The summed E-state index contributed by atoms with van der Waals surface area (Å²) in [5, 5.41) is 10.9. The molecule has 1 fully saturated rings. The summed E-state index contributed by atoms with van der Waals surface area (Å²) in [4.78, 5) is 25.0. The predicted molar refractivity (Wildman–Crippen MR) is 69.8 cm³/mol. The van der Waals surface area contributed by atoms with Crippen molar-refractivity contribution < 1.29 is 14.6 Å². The smallest absolute Gasteiger partial charge is 0.278 e. The lowest BCUT2D eigenvalue weighted by atomic mass is 10.1. The van der Waals surface area contributed by atoms with Gasteiger partial charge in [0.1, 0.15) is 6.54 Å². The third-order valence-corrected chi connectivity index (χ3v) is 3.54. The van der Waals surface area contributed by atoms with Crippen molar-refractivity contribution in [1.82, 2.24) is 4.90 Å². The van der Waals surface area contributed by atoms with Crippen molar-refractivity contribution in [3.63, 3.8) is 0 Å². The zero-order chi connectivity index (χ0) is 13.8. The molecule has 1 aromatic carbocycles. The quantitative estimate of drug-likeness (QED) is 0.609. The molecular formula is C13H18N3O3+. The van der Waals surface area contributed by atoms with E-state index in [2.05, 4.69) is 0 Å². The Kier molecular flexibility index (Phi) is 4.11. The topological polar surface area (TPSA) is 67.9 Å². The minimum absolute atomic E-state index is 0.102. The Morgan fingerprint density at radius 2 is 2.00 bits per heavy atom. The SMILES string of the molecule is CC(=O)N1CC[NH+](Cc2ccccc2[N+](=O)[O-])CC1. The molecule has 19 heavy (non-hydrogen) atoms. The summed E-state index contributed by atoms with van der Waals surface area (Å²) < 4.78 is 0. The molecule has 1 aliphatic heterocycles. The molecule has 1 aliphatic rings. The van der Waals surface area contributed by atoms with E-state index >= 15 is 0 Å². The van der Waals surface area contributed by atoms with Gasteiger partial charge in [-0.25, -0.2) is 0 Å². The molecule has 1 N–H and O–H groups in total. The summed E-state index contributed by atoms with van der Waals surface area (Å²) in [6.07, 6.45) is 0. The molecule has 1 saturated heterocycles. The van der Waals surface area contributed by atoms with Crippen LogP contribution < -0.4 is 4.90 Å². The Bertz CT molecular complexity index is 482. The number of carbonyl (C=O) groups is 1. The van der Waals surface area contributed by atoms with Gasteiger partial charge in [-0.3, -0.25) is 14.9 Å². The number of carbonyl (C=O) groups excluding carboxylic acids is 1. The number of nitro benzene ring substituents is 1. The number of para-hydroxylation sites is 1. The molecule has 1 heterocycles. The van der Waals surface area contributed by atoms with Crippen LogP contribution in [-0.2, 0) is 11.3 Å². The number of hydrogen-bond acceptors (Lipinski definition) is 3. The number of rotatable bonds is 3. The van der Waals surface area contributed by atoms with Crippen LogP contribution in [0.4, 0.5) is 5.69 Å². The van der Waals surface area contributed by atoms with E-state index in [-0.39, 0.29) is 16.5 Å². The molecule has 102 valence electrons. The molecule has 0 unspecified atom stereocenters. The summed E-state index contributed by atoms with van der Waals surface area (Å²) in [6, 6.07) is 6.86. The molecule has 0 spiro atoms. The molecule has 0 aromatic heterocycles.